The van der Waals surface area contributed by atoms with Crippen LogP contribution in [0.1, 0.15) is 11.4 Å². The van der Waals surface area contributed by atoms with Gasteiger partial charge in [0, 0.05) is 18.9 Å². The highest BCUT2D eigenvalue weighted by Crippen LogP contribution is 1.97. The van der Waals surface area contributed by atoms with E-state index in [1.165, 1.54) is 5.56 Å². The maximum absolute atomic E-state index is 4.14. The Balaban J connectivity index is 1.81. The first-order valence-corrected chi connectivity index (χ1v) is 4.96. The first kappa shape index (κ1) is 9.80. The lowest BCUT2D eigenvalue weighted by atomic mass is 10.2. The van der Waals surface area contributed by atoms with Crippen LogP contribution in [0.3, 0.4) is 0 Å². The highest BCUT2D eigenvalue weighted by atomic mass is 14.9. The fourth-order valence-corrected chi connectivity index (χ4v) is 1.34. The van der Waals surface area contributed by atoms with Crippen LogP contribution in [0, 0.1) is 0 Å². The number of nitrogens with zero attached hydrogens (tertiary/aromatic N) is 2. The van der Waals surface area contributed by atoms with E-state index in [0.29, 0.717) is 6.54 Å². The molecule has 1 N–H and O–H groups in total. The van der Waals surface area contributed by atoms with Crippen molar-refractivity contribution in [2.45, 2.75) is 13.1 Å². The van der Waals surface area contributed by atoms with Crippen LogP contribution in [0.2, 0.25) is 0 Å². The minimum absolute atomic E-state index is 0.704. The van der Waals surface area contributed by atoms with Crippen LogP contribution in [0.25, 0.3) is 0 Å². The van der Waals surface area contributed by atoms with E-state index in [0.717, 1.165) is 12.4 Å². The molecule has 1 aromatic heterocycles. The van der Waals surface area contributed by atoms with Gasteiger partial charge in [0.05, 0.1) is 6.54 Å². The lowest BCUT2D eigenvalue weighted by Gasteiger charge is -2.03. The maximum Gasteiger partial charge on any atom is 0.141 e. The molecule has 2 aromatic rings. The van der Waals surface area contributed by atoms with Gasteiger partial charge in [0.2, 0.25) is 0 Å². The molecule has 0 aliphatic rings. The molecule has 1 aromatic carbocycles. The van der Waals surface area contributed by atoms with Gasteiger partial charge in [0.25, 0.3) is 0 Å². The molecule has 0 bridgehead atoms. The molecule has 0 fully saturated rings. The molecule has 0 radical (unpaired) electrons. The number of nitrogens with one attached hydrogen (secondary N) is 1. The van der Waals surface area contributed by atoms with Gasteiger partial charge in [-0.1, -0.05) is 30.3 Å². The molecular weight excluding hydrogens is 186 g/mol. The van der Waals surface area contributed by atoms with Crippen molar-refractivity contribution in [3.05, 3.63) is 60.2 Å². The summed E-state index contributed by atoms with van der Waals surface area (Å²) < 4.78 is 0. The van der Waals surface area contributed by atoms with Gasteiger partial charge >= 0.3 is 0 Å². The van der Waals surface area contributed by atoms with Gasteiger partial charge in [-0.3, -0.25) is 0 Å². The zero-order chi connectivity index (χ0) is 10.3. The molecule has 0 saturated carbocycles. The van der Waals surface area contributed by atoms with Crippen LogP contribution in [-0.2, 0) is 13.1 Å². The summed E-state index contributed by atoms with van der Waals surface area (Å²) in [7, 11) is 0. The summed E-state index contributed by atoms with van der Waals surface area (Å²) in [6.07, 6.45) is 3.51. The van der Waals surface area contributed by atoms with Crippen molar-refractivity contribution >= 4 is 0 Å². The predicted octanol–water partition coefficient (Wildman–Crippen LogP) is 1.77. The second kappa shape index (κ2) is 5.22. The van der Waals surface area contributed by atoms with E-state index in [1.54, 1.807) is 12.4 Å². The first-order valence-electron chi connectivity index (χ1n) is 4.96. The van der Waals surface area contributed by atoms with Gasteiger partial charge in [0.1, 0.15) is 5.82 Å². The lowest BCUT2D eigenvalue weighted by Crippen LogP contribution is -2.14. The minimum Gasteiger partial charge on any atom is -0.306 e. The van der Waals surface area contributed by atoms with E-state index in [1.807, 2.05) is 24.3 Å². The average Bonchev–Trinajstić information content (AvgIpc) is 2.32. The molecule has 0 aliphatic carbocycles. The van der Waals surface area contributed by atoms with Crippen molar-refractivity contribution in [2.75, 3.05) is 0 Å². The Hall–Kier alpha value is -1.74. The fraction of sp³-hybridized carbons (Fsp3) is 0.167. The SMILES string of the molecule is c1ccc(CNCc2ncccn2)cc1. The molecule has 0 saturated heterocycles. The average molecular weight is 199 g/mol. The van der Waals surface area contributed by atoms with E-state index in [4.69, 9.17) is 0 Å². The largest absolute Gasteiger partial charge is 0.306 e. The molecule has 3 nitrogen and oxygen atoms in total. The molecule has 15 heavy (non-hydrogen) atoms. The Morgan fingerprint density at radius 1 is 0.867 bits per heavy atom. The highest BCUT2D eigenvalue weighted by Gasteiger charge is 1.94. The number of rotatable bonds is 4. The van der Waals surface area contributed by atoms with Gasteiger partial charge < -0.3 is 5.32 Å². The van der Waals surface area contributed by atoms with Crippen LogP contribution in [0.5, 0.6) is 0 Å². The summed E-state index contributed by atoms with van der Waals surface area (Å²) in [6, 6.07) is 12.1. The monoisotopic (exact) mass is 199 g/mol. The Morgan fingerprint density at radius 3 is 2.33 bits per heavy atom. The van der Waals surface area contributed by atoms with Crippen molar-refractivity contribution in [1.29, 1.82) is 0 Å². The van der Waals surface area contributed by atoms with Crippen LogP contribution >= 0.6 is 0 Å². The van der Waals surface area contributed by atoms with Crippen molar-refractivity contribution in [3.8, 4) is 0 Å². The molecular formula is C12H13N3. The van der Waals surface area contributed by atoms with E-state index in [-0.39, 0.29) is 0 Å². The van der Waals surface area contributed by atoms with E-state index >= 15 is 0 Å². The Kier molecular flexibility index (Phi) is 3.41. The second-order valence-electron chi connectivity index (χ2n) is 3.25. The van der Waals surface area contributed by atoms with Gasteiger partial charge in [-0.15, -0.1) is 0 Å². The van der Waals surface area contributed by atoms with E-state index < -0.39 is 0 Å². The standard InChI is InChI=1S/C12H13N3/c1-2-5-11(6-3-1)9-13-10-12-14-7-4-8-15-12/h1-8,13H,9-10H2. The highest BCUT2D eigenvalue weighted by molar-refractivity contribution is 5.14. The number of benzene rings is 1. The van der Waals surface area contributed by atoms with Crippen LogP contribution in [0.15, 0.2) is 48.8 Å². The predicted molar refractivity (Wildman–Crippen MR) is 59.0 cm³/mol. The number of hydrogen-bond donors (Lipinski definition) is 1. The Labute approximate surface area is 89.2 Å². The zero-order valence-corrected chi connectivity index (χ0v) is 8.43. The summed E-state index contributed by atoms with van der Waals surface area (Å²) in [5, 5.41) is 3.29. The molecule has 0 atom stereocenters. The van der Waals surface area contributed by atoms with E-state index in [2.05, 4.69) is 27.4 Å². The van der Waals surface area contributed by atoms with E-state index in [9.17, 15) is 0 Å². The molecule has 0 unspecified atom stereocenters. The Bertz CT molecular complexity index is 347. The Morgan fingerprint density at radius 2 is 1.60 bits per heavy atom. The third-order valence-electron chi connectivity index (χ3n) is 2.07. The quantitative estimate of drug-likeness (QED) is 0.815. The zero-order valence-electron chi connectivity index (χ0n) is 8.43. The van der Waals surface area contributed by atoms with Crippen LogP contribution in [0.4, 0.5) is 0 Å². The molecule has 0 amide bonds. The molecule has 1 heterocycles. The summed E-state index contributed by atoms with van der Waals surface area (Å²) in [4.78, 5) is 8.27. The lowest BCUT2D eigenvalue weighted by molar-refractivity contribution is 0.662. The summed E-state index contributed by atoms with van der Waals surface area (Å²) in [5.74, 6) is 0.827. The van der Waals surface area contributed by atoms with Gasteiger partial charge in [0.15, 0.2) is 0 Å². The third kappa shape index (κ3) is 3.14. The smallest absolute Gasteiger partial charge is 0.141 e. The molecule has 0 aliphatic heterocycles. The normalized spacial score (nSPS) is 10.1. The van der Waals surface area contributed by atoms with Crippen molar-refractivity contribution < 1.29 is 0 Å². The van der Waals surface area contributed by atoms with Gasteiger partial charge in [-0.05, 0) is 11.6 Å². The molecule has 76 valence electrons. The molecule has 0 spiro atoms. The fourth-order valence-electron chi connectivity index (χ4n) is 1.34. The summed E-state index contributed by atoms with van der Waals surface area (Å²) in [6.45, 7) is 1.55. The molecule has 2 rings (SSSR count). The topological polar surface area (TPSA) is 37.8 Å². The van der Waals surface area contributed by atoms with Gasteiger partial charge in [-0.25, -0.2) is 9.97 Å². The third-order valence-corrected chi connectivity index (χ3v) is 2.07. The van der Waals surface area contributed by atoms with Crippen LogP contribution in [-0.4, -0.2) is 9.97 Å². The van der Waals surface area contributed by atoms with Crippen molar-refractivity contribution in [3.63, 3.8) is 0 Å². The first-order chi connectivity index (χ1) is 7.45. The number of aromatic nitrogens is 2. The minimum atomic E-state index is 0.704. The van der Waals surface area contributed by atoms with Gasteiger partial charge in [-0.2, -0.15) is 0 Å². The molecule has 3 heteroatoms. The van der Waals surface area contributed by atoms with Crippen molar-refractivity contribution in [2.24, 2.45) is 0 Å². The summed E-state index contributed by atoms with van der Waals surface area (Å²) in [5.41, 5.74) is 1.27. The van der Waals surface area contributed by atoms with Crippen LogP contribution < -0.4 is 5.32 Å². The maximum atomic E-state index is 4.14. The second-order valence-corrected chi connectivity index (χ2v) is 3.25. The number of hydrogen-bond acceptors (Lipinski definition) is 3. The summed E-state index contributed by atoms with van der Waals surface area (Å²) >= 11 is 0. The van der Waals surface area contributed by atoms with Crippen molar-refractivity contribution in [1.82, 2.24) is 15.3 Å².